The monoisotopic (exact) mass is 213 g/mol. The van der Waals surface area contributed by atoms with E-state index < -0.39 is 0 Å². The molecule has 0 atom stereocenters. The Kier molecular flexibility index (Phi) is 2.74. The summed E-state index contributed by atoms with van der Waals surface area (Å²) in [6.07, 6.45) is 3.46. The Balaban J connectivity index is 2.08. The minimum atomic E-state index is 0.557. The maximum absolute atomic E-state index is 8.69. The molecule has 2 rings (SSSR count). The molecule has 0 spiro atoms. The lowest BCUT2D eigenvalue weighted by Crippen LogP contribution is -2.03. The standard InChI is InChI=1S/C11H11N5/c12-6-8-1-2-10(9(13)5-8)16-7-11-14-3-4-15-11/h1-5,16H,7,13H2,(H,14,15). The number of rotatable bonds is 3. The molecule has 16 heavy (non-hydrogen) atoms. The Morgan fingerprint density at radius 3 is 3.00 bits per heavy atom. The third-order valence-corrected chi connectivity index (χ3v) is 2.18. The molecule has 0 aliphatic rings. The minimum absolute atomic E-state index is 0.557. The van der Waals surface area contributed by atoms with Gasteiger partial charge in [0.05, 0.1) is 29.6 Å². The van der Waals surface area contributed by atoms with E-state index in [-0.39, 0.29) is 0 Å². The number of nitrogens with two attached hydrogens (primary N) is 1. The molecule has 2 aromatic rings. The zero-order chi connectivity index (χ0) is 11.4. The third-order valence-electron chi connectivity index (χ3n) is 2.18. The first-order chi connectivity index (χ1) is 7.79. The molecule has 1 heterocycles. The van der Waals surface area contributed by atoms with Gasteiger partial charge in [-0.1, -0.05) is 0 Å². The van der Waals surface area contributed by atoms with Crippen LogP contribution in [0.2, 0.25) is 0 Å². The van der Waals surface area contributed by atoms with Crippen LogP contribution in [0.1, 0.15) is 11.4 Å². The number of aromatic amines is 1. The second kappa shape index (κ2) is 4.36. The molecule has 0 aliphatic heterocycles. The van der Waals surface area contributed by atoms with Gasteiger partial charge in [-0.25, -0.2) is 4.98 Å². The molecular formula is C11H11N5. The molecule has 0 bridgehead atoms. The molecule has 0 unspecified atom stereocenters. The fourth-order valence-corrected chi connectivity index (χ4v) is 1.37. The molecule has 5 heteroatoms. The number of nitrogens with zero attached hydrogens (tertiary/aromatic N) is 2. The summed E-state index contributed by atoms with van der Waals surface area (Å²) in [6, 6.07) is 7.19. The lowest BCUT2D eigenvalue weighted by atomic mass is 10.2. The average molecular weight is 213 g/mol. The first-order valence-corrected chi connectivity index (χ1v) is 4.81. The summed E-state index contributed by atoms with van der Waals surface area (Å²) in [5, 5.41) is 11.8. The zero-order valence-corrected chi connectivity index (χ0v) is 8.57. The third kappa shape index (κ3) is 2.12. The summed E-state index contributed by atoms with van der Waals surface area (Å²) in [5.74, 6) is 0.837. The van der Waals surface area contributed by atoms with Crippen molar-refractivity contribution in [3.8, 4) is 6.07 Å². The van der Waals surface area contributed by atoms with Gasteiger partial charge >= 0.3 is 0 Å². The second-order valence-electron chi connectivity index (χ2n) is 3.30. The largest absolute Gasteiger partial charge is 0.397 e. The molecule has 0 radical (unpaired) electrons. The number of imidazole rings is 1. The maximum Gasteiger partial charge on any atom is 0.125 e. The normalized spacial score (nSPS) is 9.69. The van der Waals surface area contributed by atoms with E-state index in [1.807, 2.05) is 6.07 Å². The highest BCUT2D eigenvalue weighted by Crippen LogP contribution is 2.19. The minimum Gasteiger partial charge on any atom is -0.397 e. The van der Waals surface area contributed by atoms with Crippen LogP contribution in [-0.2, 0) is 6.54 Å². The summed E-state index contributed by atoms with van der Waals surface area (Å²) in [6.45, 7) is 0.573. The number of benzene rings is 1. The van der Waals surface area contributed by atoms with E-state index in [2.05, 4.69) is 15.3 Å². The Labute approximate surface area is 92.9 Å². The lowest BCUT2D eigenvalue weighted by molar-refractivity contribution is 1.00. The number of nitriles is 1. The Morgan fingerprint density at radius 2 is 2.38 bits per heavy atom. The number of aromatic nitrogens is 2. The average Bonchev–Trinajstić information content (AvgIpc) is 2.80. The van der Waals surface area contributed by atoms with Crippen molar-refractivity contribution in [3.63, 3.8) is 0 Å². The molecule has 0 fully saturated rings. The Hall–Kier alpha value is -2.48. The van der Waals surface area contributed by atoms with E-state index in [1.165, 1.54) is 0 Å². The van der Waals surface area contributed by atoms with Gasteiger partial charge < -0.3 is 16.0 Å². The van der Waals surface area contributed by atoms with Crippen molar-refractivity contribution in [1.82, 2.24) is 9.97 Å². The van der Waals surface area contributed by atoms with E-state index >= 15 is 0 Å². The fourth-order valence-electron chi connectivity index (χ4n) is 1.37. The van der Waals surface area contributed by atoms with Crippen molar-refractivity contribution >= 4 is 11.4 Å². The van der Waals surface area contributed by atoms with Crippen LogP contribution in [0.3, 0.4) is 0 Å². The molecule has 1 aromatic heterocycles. The van der Waals surface area contributed by atoms with Gasteiger partial charge in [-0.05, 0) is 18.2 Å². The van der Waals surface area contributed by atoms with E-state index in [9.17, 15) is 0 Å². The molecule has 0 saturated carbocycles. The molecule has 0 saturated heterocycles. The quantitative estimate of drug-likeness (QED) is 0.673. The molecular weight excluding hydrogens is 202 g/mol. The predicted octanol–water partition coefficient (Wildman–Crippen LogP) is 1.48. The first kappa shape index (κ1) is 10.1. The lowest BCUT2D eigenvalue weighted by Gasteiger charge is -2.07. The number of anilines is 2. The first-order valence-electron chi connectivity index (χ1n) is 4.81. The van der Waals surface area contributed by atoms with Crippen molar-refractivity contribution in [2.45, 2.75) is 6.54 Å². The van der Waals surface area contributed by atoms with Crippen LogP contribution in [0.4, 0.5) is 11.4 Å². The van der Waals surface area contributed by atoms with Gasteiger partial charge in [0.2, 0.25) is 0 Å². The summed E-state index contributed by atoms with van der Waals surface area (Å²) < 4.78 is 0. The van der Waals surface area contributed by atoms with Crippen molar-refractivity contribution in [1.29, 1.82) is 5.26 Å². The fraction of sp³-hybridized carbons (Fsp3) is 0.0909. The van der Waals surface area contributed by atoms with Crippen molar-refractivity contribution in [2.24, 2.45) is 0 Å². The van der Waals surface area contributed by atoms with Gasteiger partial charge in [-0.2, -0.15) is 5.26 Å². The van der Waals surface area contributed by atoms with E-state index in [0.29, 0.717) is 17.8 Å². The number of hydrogen-bond donors (Lipinski definition) is 3. The van der Waals surface area contributed by atoms with Gasteiger partial charge in [0.25, 0.3) is 0 Å². The molecule has 80 valence electrons. The predicted molar refractivity (Wildman–Crippen MR) is 61.5 cm³/mol. The van der Waals surface area contributed by atoms with Crippen LogP contribution in [0.15, 0.2) is 30.6 Å². The van der Waals surface area contributed by atoms with E-state index in [0.717, 1.165) is 11.5 Å². The van der Waals surface area contributed by atoms with Gasteiger partial charge in [-0.3, -0.25) is 0 Å². The van der Waals surface area contributed by atoms with Crippen LogP contribution in [0.5, 0.6) is 0 Å². The number of nitrogens with one attached hydrogen (secondary N) is 2. The van der Waals surface area contributed by atoms with Crippen LogP contribution in [-0.4, -0.2) is 9.97 Å². The zero-order valence-electron chi connectivity index (χ0n) is 8.57. The summed E-state index contributed by atoms with van der Waals surface area (Å²) in [5.41, 5.74) is 7.71. The summed E-state index contributed by atoms with van der Waals surface area (Å²) in [7, 11) is 0. The highest BCUT2D eigenvalue weighted by molar-refractivity contribution is 5.68. The van der Waals surface area contributed by atoms with Gasteiger partial charge in [0.1, 0.15) is 5.82 Å². The second-order valence-corrected chi connectivity index (χ2v) is 3.30. The van der Waals surface area contributed by atoms with Crippen LogP contribution >= 0.6 is 0 Å². The van der Waals surface area contributed by atoms with Gasteiger partial charge in [0, 0.05) is 12.4 Å². The Morgan fingerprint density at radius 1 is 1.50 bits per heavy atom. The van der Waals surface area contributed by atoms with Crippen LogP contribution in [0.25, 0.3) is 0 Å². The number of hydrogen-bond acceptors (Lipinski definition) is 4. The molecule has 0 amide bonds. The maximum atomic E-state index is 8.69. The SMILES string of the molecule is N#Cc1ccc(NCc2ncc[nH]2)c(N)c1. The van der Waals surface area contributed by atoms with E-state index in [4.69, 9.17) is 11.0 Å². The molecule has 1 aromatic carbocycles. The van der Waals surface area contributed by atoms with Crippen molar-refractivity contribution in [2.75, 3.05) is 11.1 Å². The van der Waals surface area contributed by atoms with Gasteiger partial charge in [-0.15, -0.1) is 0 Å². The summed E-state index contributed by atoms with van der Waals surface area (Å²) in [4.78, 5) is 7.07. The van der Waals surface area contributed by atoms with Crippen molar-refractivity contribution in [3.05, 3.63) is 42.0 Å². The number of nitrogen functional groups attached to an aromatic ring is 1. The smallest absolute Gasteiger partial charge is 0.125 e. The molecule has 0 aliphatic carbocycles. The van der Waals surface area contributed by atoms with Crippen LogP contribution in [0, 0.1) is 11.3 Å². The van der Waals surface area contributed by atoms with Gasteiger partial charge in [0.15, 0.2) is 0 Å². The Bertz CT molecular complexity index is 510. The molecule has 4 N–H and O–H groups in total. The number of H-pyrrole nitrogens is 1. The highest BCUT2D eigenvalue weighted by atomic mass is 15.0. The van der Waals surface area contributed by atoms with Crippen molar-refractivity contribution < 1.29 is 0 Å². The summed E-state index contributed by atoms with van der Waals surface area (Å²) >= 11 is 0. The van der Waals surface area contributed by atoms with Crippen LogP contribution < -0.4 is 11.1 Å². The molecule has 5 nitrogen and oxygen atoms in total. The highest BCUT2D eigenvalue weighted by Gasteiger charge is 2.01. The topological polar surface area (TPSA) is 90.5 Å². The van der Waals surface area contributed by atoms with E-state index in [1.54, 1.807) is 30.6 Å².